The average Bonchev–Trinajstić information content (AvgIpc) is 2.75. The highest BCUT2D eigenvalue weighted by molar-refractivity contribution is 7.99. The minimum absolute atomic E-state index is 0.0427. The molecule has 2 aromatic rings. The second kappa shape index (κ2) is 12.1. The zero-order chi connectivity index (χ0) is 22.8. The van der Waals surface area contributed by atoms with Crippen molar-refractivity contribution in [1.82, 2.24) is 10.2 Å². The van der Waals surface area contributed by atoms with Crippen LogP contribution in [0.1, 0.15) is 37.0 Å². The van der Waals surface area contributed by atoms with Gasteiger partial charge < -0.3 is 10.2 Å². The van der Waals surface area contributed by atoms with E-state index in [1.807, 2.05) is 38.1 Å². The monoisotopic (exact) mass is 443 g/mol. The van der Waals surface area contributed by atoms with Crippen molar-refractivity contribution in [2.45, 2.75) is 45.5 Å². The summed E-state index contributed by atoms with van der Waals surface area (Å²) < 4.78 is 0. The number of benzene rings is 2. The van der Waals surface area contributed by atoms with E-state index in [0.717, 1.165) is 23.1 Å². The van der Waals surface area contributed by atoms with Crippen LogP contribution in [-0.2, 0) is 21.9 Å². The third kappa shape index (κ3) is 7.71. The maximum Gasteiger partial charge on any atom is 0.269 e. The number of carbonyl (C=O) groups excluding carboxylic acids is 2. The summed E-state index contributed by atoms with van der Waals surface area (Å²) in [6.45, 7) is 6.66. The van der Waals surface area contributed by atoms with Crippen molar-refractivity contribution in [3.8, 4) is 0 Å². The van der Waals surface area contributed by atoms with Crippen LogP contribution >= 0.6 is 11.8 Å². The molecule has 31 heavy (non-hydrogen) atoms. The molecule has 0 heterocycles. The number of nitro benzene ring substituents is 1. The van der Waals surface area contributed by atoms with Gasteiger partial charge in [-0.2, -0.15) is 0 Å². The van der Waals surface area contributed by atoms with Crippen LogP contribution in [0.2, 0.25) is 0 Å². The van der Waals surface area contributed by atoms with Gasteiger partial charge >= 0.3 is 0 Å². The second-order valence-corrected chi connectivity index (χ2v) is 8.38. The van der Waals surface area contributed by atoms with Crippen molar-refractivity contribution >= 4 is 29.3 Å². The van der Waals surface area contributed by atoms with Gasteiger partial charge in [-0.15, -0.1) is 11.8 Å². The van der Waals surface area contributed by atoms with E-state index < -0.39 is 11.0 Å². The summed E-state index contributed by atoms with van der Waals surface area (Å²) in [5.41, 5.74) is 3.02. The summed E-state index contributed by atoms with van der Waals surface area (Å²) in [5, 5.41) is 13.6. The number of hydrogen-bond acceptors (Lipinski definition) is 5. The molecule has 1 N–H and O–H groups in total. The largest absolute Gasteiger partial charge is 0.354 e. The molecule has 2 aromatic carbocycles. The Kier molecular flexibility index (Phi) is 9.52. The van der Waals surface area contributed by atoms with Crippen LogP contribution in [0.5, 0.6) is 0 Å². The highest BCUT2D eigenvalue weighted by atomic mass is 32.2. The van der Waals surface area contributed by atoms with Crippen LogP contribution in [0.15, 0.2) is 48.5 Å². The van der Waals surface area contributed by atoms with Gasteiger partial charge in [-0.3, -0.25) is 19.7 Å². The number of non-ortho nitro benzene ring substituents is 1. The molecule has 0 fully saturated rings. The summed E-state index contributed by atoms with van der Waals surface area (Å²) in [4.78, 5) is 37.5. The Bertz CT molecular complexity index is 902. The summed E-state index contributed by atoms with van der Waals surface area (Å²) in [5.74, 6) is 0.489. The summed E-state index contributed by atoms with van der Waals surface area (Å²) in [6, 6.07) is 13.6. The Hall–Kier alpha value is -2.87. The second-order valence-electron chi connectivity index (χ2n) is 7.39. The summed E-state index contributed by atoms with van der Waals surface area (Å²) >= 11 is 1.42. The fourth-order valence-electron chi connectivity index (χ4n) is 3.04. The van der Waals surface area contributed by atoms with E-state index in [0.29, 0.717) is 18.8 Å². The van der Waals surface area contributed by atoms with Crippen molar-refractivity contribution in [2.75, 3.05) is 12.3 Å². The molecule has 7 nitrogen and oxygen atoms in total. The maximum absolute atomic E-state index is 13.0. The van der Waals surface area contributed by atoms with Gasteiger partial charge in [-0.05, 0) is 31.4 Å². The molecule has 1 atom stereocenters. The SMILES string of the molecule is CCCNC(=O)C(C)N(Cc1cccc(C)c1)C(=O)CSCc1ccc([N+](=O)[O-])cc1. The Morgan fingerprint density at radius 1 is 1.16 bits per heavy atom. The predicted octanol–water partition coefficient (Wildman–Crippen LogP) is 4.08. The molecule has 0 saturated heterocycles. The van der Waals surface area contributed by atoms with Gasteiger partial charge in [0.15, 0.2) is 0 Å². The van der Waals surface area contributed by atoms with Crippen LogP contribution in [0.25, 0.3) is 0 Å². The van der Waals surface area contributed by atoms with Gasteiger partial charge in [0.25, 0.3) is 5.69 Å². The van der Waals surface area contributed by atoms with Gasteiger partial charge in [0.05, 0.1) is 10.7 Å². The van der Waals surface area contributed by atoms with Gasteiger partial charge in [-0.25, -0.2) is 0 Å². The molecule has 0 saturated carbocycles. The lowest BCUT2D eigenvalue weighted by atomic mass is 10.1. The molecule has 2 rings (SSSR count). The standard InChI is InChI=1S/C23H29N3O4S/c1-4-12-24-23(28)18(3)25(14-20-7-5-6-17(2)13-20)22(27)16-31-15-19-8-10-21(11-9-19)26(29)30/h5-11,13,18H,4,12,14-16H2,1-3H3,(H,24,28). The van der Waals surface area contributed by atoms with E-state index in [1.165, 1.54) is 23.9 Å². The number of nitro groups is 1. The Balaban J connectivity index is 2.03. The third-order valence-electron chi connectivity index (χ3n) is 4.79. The van der Waals surface area contributed by atoms with Crippen LogP contribution in [-0.4, -0.2) is 40.0 Å². The average molecular weight is 444 g/mol. The number of rotatable bonds is 11. The first kappa shape index (κ1) is 24.4. The van der Waals surface area contributed by atoms with Crippen LogP contribution in [0.3, 0.4) is 0 Å². The lowest BCUT2D eigenvalue weighted by Gasteiger charge is -2.29. The molecule has 0 radical (unpaired) electrons. The van der Waals surface area contributed by atoms with Crippen LogP contribution in [0.4, 0.5) is 5.69 Å². The molecule has 0 bridgehead atoms. The lowest BCUT2D eigenvalue weighted by Crippen LogP contribution is -2.48. The van der Waals surface area contributed by atoms with E-state index in [-0.39, 0.29) is 23.3 Å². The number of nitrogens with zero attached hydrogens (tertiary/aromatic N) is 2. The maximum atomic E-state index is 13.0. The zero-order valence-corrected chi connectivity index (χ0v) is 19.0. The zero-order valence-electron chi connectivity index (χ0n) is 18.2. The molecular weight excluding hydrogens is 414 g/mol. The van der Waals surface area contributed by atoms with Crippen molar-refractivity contribution in [3.63, 3.8) is 0 Å². The van der Waals surface area contributed by atoms with Gasteiger partial charge in [-0.1, -0.05) is 48.9 Å². The number of carbonyl (C=O) groups is 2. The number of amides is 2. The predicted molar refractivity (Wildman–Crippen MR) is 124 cm³/mol. The number of aryl methyl sites for hydroxylation is 1. The highest BCUT2D eigenvalue weighted by Gasteiger charge is 2.25. The van der Waals surface area contributed by atoms with Crippen molar-refractivity contribution in [1.29, 1.82) is 0 Å². The molecule has 1 unspecified atom stereocenters. The van der Waals surface area contributed by atoms with Crippen LogP contribution < -0.4 is 5.32 Å². The molecule has 0 aliphatic heterocycles. The minimum atomic E-state index is -0.584. The fourth-order valence-corrected chi connectivity index (χ4v) is 3.91. The highest BCUT2D eigenvalue weighted by Crippen LogP contribution is 2.19. The van der Waals surface area contributed by atoms with E-state index >= 15 is 0 Å². The van der Waals surface area contributed by atoms with Gasteiger partial charge in [0.1, 0.15) is 6.04 Å². The van der Waals surface area contributed by atoms with Crippen molar-refractivity contribution in [3.05, 3.63) is 75.3 Å². The Labute approximate surface area is 187 Å². The van der Waals surface area contributed by atoms with Crippen molar-refractivity contribution < 1.29 is 14.5 Å². The van der Waals surface area contributed by atoms with Gasteiger partial charge in [0.2, 0.25) is 11.8 Å². The lowest BCUT2D eigenvalue weighted by molar-refractivity contribution is -0.384. The molecule has 166 valence electrons. The number of thioether (sulfide) groups is 1. The molecular formula is C23H29N3O4S. The first-order valence-electron chi connectivity index (χ1n) is 10.3. The first-order valence-corrected chi connectivity index (χ1v) is 11.4. The van der Waals surface area contributed by atoms with Gasteiger partial charge in [0, 0.05) is 31.0 Å². The van der Waals surface area contributed by atoms with Crippen LogP contribution in [0, 0.1) is 17.0 Å². The smallest absolute Gasteiger partial charge is 0.269 e. The fraction of sp³-hybridized carbons (Fsp3) is 0.391. The van der Waals surface area contributed by atoms with E-state index in [4.69, 9.17) is 0 Å². The Morgan fingerprint density at radius 2 is 1.87 bits per heavy atom. The van der Waals surface area contributed by atoms with E-state index in [9.17, 15) is 19.7 Å². The number of hydrogen-bond donors (Lipinski definition) is 1. The Morgan fingerprint density at radius 3 is 2.48 bits per heavy atom. The molecule has 2 amide bonds. The topological polar surface area (TPSA) is 92.6 Å². The van der Waals surface area contributed by atoms with Crippen molar-refractivity contribution in [2.24, 2.45) is 0 Å². The molecule has 0 aliphatic rings. The van der Waals surface area contributed by atoms with E-state index in [1.54, 1.807) is 24.0 Å². The quantitative estimate of drug-likeness (QED) is 0.417. The first-order chi connectivity index (χ1) is 14.8. The third-order valence-corrected chi connectivity index (χ3v) is 5.78. The number of nitrogens with one attached hydrogen (secondary N) is 1. The molecule has 8 heteroatoms. The molecule has 0 aliphatic carbocycles. The summed E-state index contributed by atoms with van der Waals surface area (Å²) in [6.07, 6.45) is 0.829. The minimum Gasteiger partial charge on any atom is -0.354 e. The normalized spacial score (nSPS) is 11.6. The van der Waals surface area contributed by atoms with E-state index in [2.05, 4.69) is 5.32 Å². The molecule has 0 aromatic heterocycles. The molecule has 0 spiro atoms. The summed E-state index contributed by atoms with van der Waals surface area (Å²) in [7, 11) is 0.